The number of hydrogen-bond acceptors (Lipinski definition) is 4. The first-order valence-electron chi connectivity index (χ1n) is 10.1. The van der Waals surface area contributed by atoms with Crippen LogP contribution in [0.5, 0.6) is 5.75 Å². The van der Waals surface area contributed by atoms with Crippen LogP contribution in [0.2, 0.25) is 0 Å². The van der Waals surface area contributed by atoms with Crippen LogP contribution in [0.3, 0.4) is 0 Å². The first kappa shape index (κ1) is 18.8. The third kappa shape index (κ3) is 4.14. The molecular formula is C23H28N2O3. The Labute approximate surface area is 166 Å². The minimum atomic E-state index is -0.238. The number of rotatable bonds is 6. The van der Waals surface area contributed by atoms with Crippen LogP contribution in [0, 0.1) is 5.92 Å². The molecule has 5 nitrogen and oxygen atoms in total. The fraction of sp³-hybridized carbons (Fsp3) is 0.435. The normalized spacial score (nSPS) is 23.2. The van der Waals surface area contributed by atoms with Gasteiger partial charge in [-0.05, 0) is 61.7 Å². The lowest BCUT2D eigenvalue weighted by Crippen LogP contribution is -2.59. The fourth-order valence-electron chi connectivity index (χ4n) is 4.37. The molecule has 2 aromatic carbocycles. The first-order chi connectivity index (χ1) is 13.7. The molecule has 2 aromatic rings. The van der Waals surface area contributed by atoms with Crippen molar-refractivity contribution in [1.82, 2.24) is 4.90 Å². The number of amides is 1. The zero-order valence-corrected chi connectivity index (χ0v) is 16.4. The molecule has 5 rings (SSSR count). The number of benzene rings is 2. The Morgan fingerprint density at radius 1 is 1.07 bits per heavy atom. The summed E-state index contributed by atoms with van der Waals surface area (Å²) in [6.45, 7) is 3.61. The standard InChI is InChI=1S/C23H28N2O3/c1-27-21-9-7-18(8-10-21)13-16-28-23(26)25(20-5-3-2-4-6-20)22-17-24-14-11-19(22)12-15-24/h2-10,19,22H,11-17H2,1H3. The molecule has 0 radical (unpaired) electrons. The van der Waals surface area contributed by atoms with E-state index in [0.29, 0.717) is 18.9 Å². The number of para-hydroxylation sites is 1. The van der Waals surface area contributed by atoms with Crippen molar-refractivity contribution in [3.8, 4) is 5.75 Å². The topological polar surface area (TPSA) is 42.0 Å². The van der Waals surface area contributed by atoms with Crippen LogP contribution in [0.4, 0.5) is 10.5 Å². The summed E-state index contributed by atoms with van der Waals surface area (Å²) in [6.07, 6.45) is 2.78. The second-order valence-corrected chi connectivity index (χ2v) is 7.62. The number of hydrogen-bond donors (Lipinski definition) is 0. The highest BCUT2D eigenvalue weighted by molar-refractivity contribution is 5.88. The summed E-state index contributed by atoms with van der Waals surface area (Å²) in [4.78, 5) is 17.4. The van der Waals surface area contributed by atoms with Crippen molar-refractivity contribution >= 4 is 11.8 Å². The van der Waals surface area contributed by atoms with Gasteiger partial charge in [0, 0.05) is 18.7 Å². The summed E-state index contributed by atoms with van der Waals surface area (Å²) in [6, 6.07) is 18.0. The van der Waals surface area contributed by atoms with Gasteiger partial charge in [0.05, 0.1) is 19.8 Å². The van der Waals surface area contributed by atoms with E-state index in [-0.39, 0.29) is 12.1 Å². The molecule has 148 valence electrons. The molecule has 0 aliphatic carbocycles. The van der Waals surface area contributed by atoms with Crippen molar-refractivity contribution in [2.75, 3.05) is 38.3 Å². The molecule has 5 heteroatoms. The predicted molar refractivity (Wildman–Crippen MR) is 110 cm³/mol. The summed E-state index contributed by atoms with van der Waals surface area (Å²) in [7, 11) is 1.66. The molecule has 3 aliphatic rings. The maximum Gasteiger partial charge on any atom is 0.414 e. The first-order valence-corrected chi connectivity index (χ1v) is 10.1. The number of methoxy groups -OCH3 is 1. The van der Waals surface area contributed by atoms with Gasteiger partial charge in [0.25, 0.3) is 0 Å². The summed E-state index contributed by atoms with van der Waals surface area (Å²) < 4.78 is 10.9. The SMILES string of the molecule is COc1ccc(CCOC(=O)N(c2ccccc2)C2CN3CCC2CC3)cc1. The molecular weight excluding hydrogens is 352 g/mol. The highest BCUT2D eigenvalue weighted by atomic mass is 16.6. The van der Waals surface area contributed by atoms with E-state index in [2.05, 4.69) is 4.90 Å². The smallest absolute Gasteiger partial charge is 0.414 e. The van der Waals surface area contributed by atoms with Gasteiger partial charge in [-0.1, -0.05) is 30.3 Å². The van der Waals surface area contributed by atoms with Crippen LogP contribution in [0.15, 0.2) is 54.6 Å². The summed E-state index contributed by atoms with van der Waals surface area (Å²) in [5.41, 5.74) is 2.05. The van der Waals surface area contributed by atoms with E-state index in [1.807, 2.05) is 59.5 Å². The van der Waals surface area contributed by atoms with Crippen molar-refractivity contribution in [3.63, 3.8) is 0 Å². The number of carbonyl (C=O) groups is 1. The second-order valence-electron chi connectivity index (χ2n) is 7.62. The molecule has 0 spiro atoms. The third-order valence-corrected chi connectivity index (χ3v) is 5.96. The average molecular weight is 380 g/mol. The summed E-state index contributed by atoms with van der Waals surface area (Å²) in [5, 5.41) is 0. The number of piperidine rings is 3. The van der Waals surface area contributed by atoms with Crippen molar-refractivity contribution in [2.24, 2.45) is 5.92 Å². The monoisotopic (exact) mass is 380 g/mol. The van der Waals surface area contributed by atoms with E-state index in [9.17, 15) is 4.79 Å². The third-order valence-electron chi connectivity index (χ3n) is 5.96. The van der Waals surface area contributed by atoms with E-state index in [4.69, 9.17) is 9.47 Å². The van der Waals surface area contributed by atoms with E-state index < -0.39 is 0 Å². The molecule has 1 atom stereocenters. The van der Waals surface area contributed by atoms with Gasteiger partial charge in [-0.15, -0.1) is 0 Å². The lowest BCUT2D eigenvalue weighted by Gasteiger charge is -2.48. The Balaban J connectivity index is 1.43. The average Bonchev–Trinajstić information content (AvgIpc) is 2.76. The predicted octanol–water partition coefficient (Wildman–Crippen LogP) is 3.98. The van der Waals surface area contributed by atoms with E-state index in [0.717, 1.165) is 49.5 Å². The number of ether oxygens (including phenoxy) is 2. The molecule has 2 bridgehead atoms. The zero-order chi connectivity index (χ0) is 19.3. The summed E-state index contributed by atoms with van der Waals surface area (Å²) >= 11 is 0. The molecule has 0 aromatic heterocycles. The molecule has 1 unspecified atom stereocenters. The molecule has 1 amide bonds. The lowest BCUT2D eigenvalue weighted by atomic mass is 9.83. The Bertz CT molecular complexity index is 770. The molecule has 28 heavy (non-hydrogen) atoms. The van der Waals surface area contributed by atoms with Crippen LogP contribution >= 0.6 is 0 Å². The van der Waals surface area contributed by atoms with Gasteiger partial charge in [-0.25, -0.2) is 4.79 Å². The number of anilines is 1. The number of carbonyl (C=O) groups excluding carboxylic acids is 1. The van der Waals surface area contributed by atoms with Gasteiger partial charge in [-0.2, -0.15) is 0 Å². The second kappa shape index (κ2) is 8.65. The number of nitrogens with zero attached hydrogens (tertiary/aromatic N) is 2. The largest absolute Gasteiger partial charge is 0.497 e. The van der Waals surface area contributed by atoms with E-state index in [1.54, 1.807) is 7.11 Å². The Kier molecular flexibility index (Phi) is 5.81. The molecule has 0 N–H and O–H groups in total. The van der Waals surface area contributed by atoms with Gasteiger partial charge in [0.15, 0.2) is 0 Å². The highest BCUT2D eigenvalue weighted by Crippen LogP contribution is 2.33. The van der Waals surface area contributed by atoms with Gasteiger partial charge in [-0.3, -0.25) is 4.90 Å². The minimum Gasteiger partial charge on any atom is -0.497 e. The minimum absolute atomic E-state index is 0.193. The molecule has 3 aliphatic heterocycles. The molecule has 3 fully saturated rings. The van der Waals surface area contributed by atoms with Gasteiger partial charge in [0.2, 0.25) is 0 Å². The lowest BCUT2D eigenvalue weighted by molar-refractivity contribution is 0.0791. The maximum absolute atomic E-state index is 13.1. The van der Waals surface area contributed by atoms with Crippen LogP contribution in [0.25, 0.3) is 0 Å². The van der Waals surface area contributed by atoms with Crippen molar-refractivity contribution in [2.45, 2.75) is 25.3 Å². The fourth-order valence-corrected chi connectivity index (χ4v) is 4.37. The maximum atomic E-state index is 13.1. The van der Waals surface area contributed by atoms with E-state index >= 15 is 0 Å². The molecule has 0 saturated carbocycles. The van der Waals surface area contributed by atoms with Crippen molar-refractivity contribution < 1.29 is 14.3 Å². The zero-order valence-electron chi connectivity index (χ0n) is 16.4. The van der Waals surface area contributed by atoms with E-state index in [1.165, 1.54) is 0 Å². The quantitative estimate of drug-likeness (QED) is 0.760. The Morgan fingerprint density at radius 3 is 2.39 bits per heavy atom. The highest BCUT2D eigenvalue weighted by Gasteiger charge is 2.40. The van der Waals surface area contributed by atoms with Crippen molar-refractivity contribution in [3.05, 3.63) is 60.2 Å². The van der Waals surface area contributed by atoms with Crippen LogP contribution < -0.4 is 9.64 Å². The van der Waals surface area contributed by atoms with Gasteiger partial charge < -0.3 is 14.4 Å². The van der Waals surface area contributed by atoms with Gasteiger partial charge in [0.1, 0.15) is 5.75 Å². The summed E-state index contributed by atoms with van der Waals surface area (Å²) in [5.74, 6) is 1.39. The van der Waals surface area contributed by atoms with Crippen LogP contribution in [-0.2, 0) is 11.2 Å². The number of fused-ring (bicyclic) bond motifs is 3. The van der Waals surface area contributed by atoms with Crippen LogP contribution in [-0.4, -0.2) is 50.4 Å². The van der Waals surface area contributed by atoms with Crippen LogP contribution in [0.1, 0.15) is 18.4 Å². The Hall–Kier alpha value is -2.53. The van der Waals surface area contributed by atoms with Gasteiger partial charge >= 0.3 is 6.09 Å². The Morgan fingerprint density at radius 2 is 1.79 bits per heavy atom. The molecule has 3 heterocycles. The van der Waals surface area contributed by atoms with Crippen molar-refractivity contribution in [1.29, 1.82) is 0 Å². The molecule has 3 saturated heterocycles.